The first-order chi connectivity index (χ1) is 16.8. The molecule has 12 heteroatoms. The number of aromatic amines is 1. The van der Waals surface area contributed by atoms with Gasteiger partial charge in [0, 0.05) is 25.2 Å². The van der Waals surface area contributed by atoms with Crippen LogP contribution in [0.1, 0.15) is 57.9 Å². The van der Waals surface area contributed by atoms with Crippen molar-refractivity contribution in [3.8, 4) is 0 Å². The van der Waals surface area contributed by atoms with E-state index in [1.807, 2.05) is 4.90 Å². The topological polar surface area (TPSA) is 160 Å². The number of hydrogen-bond donors (Lipinski definition) is 3. The summed E-state index contributed by atoms with van der Waals surface area (Å²) in [5.41, 5.74) is -0.356. The second-order valence-electron chi connectivity index (χ2n) is 8.28. The lowest BCUT2D eigenvalue weighted by Crippen LogP contribution is -2.38. The maximum Gasteiger partial charge on any atom is 0.337 e. The summed E-state index contributed by atoms with van der Waals surface area (Å²) in [4.78, 5) is 71.7. The molecular formula is C23H25N5O7. The quantitative estimate of drug-likeness (QED) is 0.534. The van der Waals surface area contributed by atoms with Crippen molar-refractivity contribution >= 4 is 41.2 Å². The maximum absolute atomic E-state index is 13.2. The Kier molecular flexibility index (Phi) is 6.80. The van der Waals surface area contributed by atoms with Gasteiger partial charge in [-0.3, -0.25) is 19.4 Å². The Morgan fingerprint density at radius 1 is 1.00 bits per heavy atom. The summed E-state index contributed by atoms with van der Waals surface area (Å²) >= 11 is 0. The van der Waals surface area contributed by atoms with Crippen LogP contribution in [0.25, 0.3) is 0 Å². The minimum absolute atomic E-state index is 0.0122. The fourth-order valence-corrected chi connectivity index (χ4v) is 4.24. The molecule has 2 aromatic rings. The highest BCUT2D eigenvalue weighted by molar-refractivity contribution is 6.05. The van der Waals surface area contributed by atoms with Gasteiger partial charge in [0.1, 0.15) is 5.82 Å². The number of fused-ring (bicyclic) bond motifs is 1. The van der Waals surface area contributed by atoms with Crippen molar-refractivity contribution in [2.24, 2.45) is 0 Å². The molecule has 0 saturated carbocycles. The molecule has 0 radical (unpaired) electrons. The third-order valence-electron chi connectivity index (χ3n) is 5.95. The van der Waals surface area contributed by atoms with E-state index in [-0.39, 0.29) is 34.6 Å². The van der Waals surface area contributed by atoms with Gasteiger partial charge in [-0.25, -0.2) is 9.59 Å². The Balaban J connectivity index is 1.66. The summed E-state index contributed by atoms with van der Waals surface area (Å²) in [6.45, 7) is 1.47. The molecule has 2 aliphatic rings. The number of benzene rings is 1. The predicted molar refractivity (Wildman–Crippen MR) is 125 cm³/mol. The number of methoxy groups -OCH3 is 2. The third kappa shape index (κ3) is 5.00. The average molecular weight is 483 g/mol. The number of aromatic nitrogens is 2. The fraction of sp³-hybridized carbons (Fsp3) is 0.391. The van der Waals surface area contributed by atoms with Crippen molar-refractivity contribution in [2.45, 2.75) is 31.6 Å². The van der Waals surface area contributed by atoms with E-state index in [0.717, 1.165) is 32.4 Å². The van der Waals surface area contributed by atoms with Crippen LogP contribution in [0.3, 0.4) is 0 Å². The summed E-state index contributed by atoms with van der Waals surface area (Å²) in [6.07, 6.45) is 2.76. The molecule has 35 heavy (non-hydrogen) atoms. The van der Waals surface area contributed by atoms with E-state index in [1.54, 1.807) is 0 Å². The normalized spacial score (nSPS) is 17.1. The van der Waals surface area contributed by atoms with Gasteiger partial charge in [-0.05, 0) is 37.5 Å². The standard InChI is InChI=1S/C23H25N5O7/c1-34-21(32)12-8-13(22(33)35-2)10-14(9-12)24-19(30)15-11-16(29)25-18-17(15)20(31)27-23(26-18)28-6-4-3-5-7-28/h8-10,15H,3-7,11H2,1-2H3,(H,24,30)(H2,25,26,27,29,31). The Hall–Kier alpha value is -4.22. The minimum atomic E-state index is -1.13. The monoisotopic (exact) mass is 483 g/mol. The number of amides is 2. The lowest BCUT2D eigenvalue weighted by atomic mass is 9.92. The summed E-state index contributed by atoms with van der Waals surface area (Å²) < 4.78 is 9.41. The van der Waals surface area contributed by atoms with Crippen LogP contribution in [0.5, 0.6) is 0 Å². The molecule has 3 N–H and O–H groups in total. The smallest absolute Gasteiger partial charge is 0.337 e. The van der Waals surface area contributed by atoms with Crippen molar-refractivity contribution in [3.05, 3.63) is 45.2 Å². The van der Waals surface area contributed by atoms with Gasteiger partial charge in [-0.2, -0.15) is 4.98 Å². The maximum atomic E-state index is 13.2. The first kappa shape index (κ1) is 23.9. The second kappa shape index (κ2) is 9.95. The molecular weight excluding hydrogens is 458 g/mol. The zero-order valence-corrected chi connectivity index (χ0v) is 19.3. The van der Waals surface area contributed by atoms with Gasteiger partial charge >= 0.3 is 11.9 Å². The lowest BCUT2D eigenvalue weighted by Gasteiger charge is -2.29. The Labute approximate surface area is 200 Å². The number of carbonyl (C=O) groups excluding carboxylic acids is 4. The van der Waals surface area contributed by atoms with Crippen LogP contribution in [0.4, 0.5) is 17.5 Å². The zero-order valence-electron chi connectivity index (χ0n) is 19.3. The van der Waals surface area contributed by atoms with E-state index < -0.39 is 35.2 Å². The highest BCUT2D eigenvalue weighted by Gasteiger charge is 2.35. The number of esters is 2. The summed E-state index contributed by atoms with van der Waals surface area (Å²) in [6, 6.07) is 3.91. The number of nitrogens with one attached hydrogen (secondary N) is 3. The first-order valence-corrected chi connectivity index (χ1v) is 11.1. The summed E-state index contributed by atoms with van der Waals surface area (Å²) in [7, 11) is 2.36. The Morgan fingerprint density at radius 3 is 2.23 bits per heavy atom. The predicted octanol–water partition coefficient (Wildman–Crippen LogP) is 1.40. The number of ether oxygens (including phenoxy) is 2. The SMILES string of the molecule is COC(=O)c1cc(NC(=O)C2CC(=O)Nc3nc(N4CCCCC4)[nH]c(=O)c32)cc(C(=O)OC)c1. The number of carbonyl (C=O) groups is 4. The van der Waals surface area contributed by atoms with Crippen molar-refractivity contribution in [2.75, 3.05) is 42.8 Å². The largest absolute Gasteiger partial charge is 0.465 e. The van der Waals surface area contributed by atoms with Gasteiger partial charge < -0.3 is 25.0 Å². The molecule has 12 nitrogen and oxygen atoms in total. The molecule has 1 aromatic heterocycles. The highest BCUT2D eigenvalue weighted by Crippen LogP contribution is 2.31. The lowest BCUT2D eigenvalue weighted by molar-refractivity contribution is -0.123. The average Bonchev–Trinajstić information content (AvgIpc) is 2.87. The van der Waals surface area contributed by atoms with Crippen molar-refractivity contribution < 1.29 is 28.7 Å². The molecule has 1 saturated heterocycles. The Bertz CT molecular complexity index is 1220. The summed E-state index contributed by atoms with van der Waals surface area (Å²) in [5.74, 6) is -3.31. The molecule has 3 heterocycles. The molecule has 4 rings (SSSR count). The molecule has 2 aliphatic heterocycles. The molecule has 1 fully saturated rings. The van der Waals surface area contributed by atoms with Gasteiger partial charge in [0.15, 0.2) is 0 Å². The van der Waals surface area contributed by atoms with Gasteiger partial charge in [0.2, 0.25) is 17.8 Å². The van der Waals surface area contributed by atoms with Gasteiger partial charge in [0.05, 0.1) is 36.8 Å². The molecule has 2 amide bonds. The number of nitrogens with zero attached hydrogens (tertiary/aromatic N) is 2. The number of H-pyrrole nitrogens is 1. The van der Waals surface area contributed by atoms with Crippen LogP contribution in [0.15, 0.2) is 23.0 Å². The van der Waals surface area contributed by atoms with Crippen LogP contribution >= 0.6 is 0 Å². The van der Waals surface area contributed by atoms with Gasteiger partial charge in [-0.15, -0.1) is 0 Å². The van der Waals surface area contributed by atoms with E-state index in [9.17, 15) is 24.0 Å². The second-order valence-corrected chi connectivity index (χ2v) is 8.28. The molecule has 0 spiro atoms. The fourth-order valence-electron chi connectivity index (χ4n) is 4.24. The van der Waals surface area contributed by atoms with Crippen molar-refractivity contribution in [3.63, 3.8) is 0 Å². The van der Waals surface area contributed by atoms with Gasteiger partial charge in [0.25, 0.3) is 5.56 Å². The summed E-state index contributed by atoms with van der Waals surface area (Å²) in [5, 5.41) is 5.18. The molecule has 1 aromatic carbocycles. The van der Waals surface area contributed by atoms with E-state index in [2.05, 4.69) is 20.6 Å². The minimum Gasteiger partial charge on any atom is -0.465 e. The number of rotatable bonds is 5. The van der Waals surface area contributed by atoms with Gasteiger partial charge in [-0.1, -0.05) is 0 Å². The van der Waals surface area contributed by atoms with E-state index >= 15 is 0 Å². The molecule has 1 atom stereocenters. The van der Waals surface area contributed by atoms with E-state index in [4.69, 9.17) is 9.47 Å². The molecule has 0 aliphatic carbocycles. The number of hydrogen-bond acceptors (Lipinski definition) is 9. The molecule has 1 unspecified atom stereocenters. The van der Waals surface area contributed by atoms with Crippen molar-refractivity contribution in [1.29, 1.82) is 0 Å². The molecule has 184 valence electrons. The molecule has 0 bridgehead atoms. The van der Waals surface area contributed by atoms with E-state index in [0.29, 0.717) is 5.95 Å². The third-order valence-corrected chi connectivity index (χ3v) is 5.95. The van der Waals surface area contributed by atoms with Crippen LogP contribution < -0.4 is 21.1 Å². The Morgan fingerprint density at radius 2 is 1.63 bits per heavy atom. The van der Waals surface area contributed by atoms with Crippen LogP contribution in [0, 0.1) is 0 Å². The van der Waals surface area contributed by atoms with Crippen LogP contribution in [-0.4, -0.2) is 61.0 Å². The number of piperidine rings is 1. The zero-order chi connectivity index (χ0) is 25.1. The van der Waals surface area contributed by atoms with Crippen LogP contribution in [0.2, 0.25) is 0 Å². The number of anilines is 3. The van der Waals surface area contributed by atoms with E-state index in [1.165, 1.54) is 32.4 Å². The first-order valence-electron chi connectivity index (χ1n) is 11.1. The highest BCUT2D eigenvalue weighted by atomic mass is 16.5. The van der Waals surface area contributed by atoms with Crippen LogP contribution in [-0.2, 0) is 19.1 Å². The van der Waals surface area contributed by atoms with Crippen molar-refractivity contribution in [1.82, 2.24) is 9.97 Å².